The van der Waals surface area contributed by atoms with Gasteiger partial charge in [-0.25, -0.2) is 4.98 Å². The van der Waals surface area contributed by atoms with E-state index in [2.05, 4.69) is 15.0 Å². The molecule has 6 nitrogen and oxygen atoms in total. The van der Waals surface area contributed by atoms with Crippen LogP contribution < -0.4 is 15.0 Å². The van der Waals surface area contributed by atoms with Gasteiger partial charge in [-0.1, -0.05) is 6.92 Å². The van der Waals surface area contributed by atoms with E-state index in [0.29, 0.717) is 30.8 Å². The Morgan fingerprint density at radius 3 is 2.63 bits per heavy atom. The highest BCUT2D eigenvalue weighted by Gasteiger charge is 2.28. The average Bonchev–Trinajstić information content (AvgIpc) is 2.59. The highest BCUT2D eigenvalue weighted by molar-refractivity contribution is 6.20. The maximum absolute atomic E-state index is 12.6. The molecule has 2 heterocycles. The van der Waals surface area contributed by atoms with Crippen LogP contribution in [0.25, 0.3) is 0 Å². The Kier molecular flexibility index (Phi) is 5.48. The summed E-state index contributed by atoms with van der Waals surface area (Å²) in [5, 5.41) is 12.1. The minimum absolute atomic E-state index is 0.121. The number of anilines is 2. The van der Waals surface area contributed by atoms with Crippen molar-refractivity contribution in [3.05, 3.63) is 47.7 Å². The summed E-state index contributed by atoms with van der Waals surface area (Å²) in [6.45, 7) is 3.02. The van der Waals surface area contributed by atoms with Gasteiger partial charge in [-0.2, -0.15) is 0 Å². The van der Waals surface area contributed by atoms with Crippen LogP contribution in [0.2, 0.25) is 0 Å². The van der Waals surface area contributed by atoms with Crippen molar-refractivity contribution in [2.24, 2.45) is 0 Å². The number of benzene rings is 1. The number of aromatic nitrogens is 1. The van der Waals surface area contributed by atoms with Crippen LogP contribution in [-0.4, -0.2) is 40.8 Å². The number of alkyl halides is 3. The number of pyridine rings is 1. The molecule has 0 saturated carbocycles. The third-order valence-electron chi connectivity index (χ3n) is 4.09. The number of rotatable bonds is 6. The second-order valence-electron chi connectivity index (χ2n) is 6.15. The summed E-state index contributed by atoms with van der Waals surface area (Å²) in [7, 11) is 0. The Hall–Kier alpha value is -2.45. The fraction of sp³-hybridized carbons (Fsp3) is 0.333. The first kappa shape index (κ1) is 19.3. The van der Waals surface area contributed by atoms with Crippen molar-refractivity contribution in [1.82, 2.24) is 4.98 Å². The molecule has 144 valence electrons. The number of aryl methyl sites for hydroxylation is 1. The number of nitrogens with zero attached hydrogens (tertiary/aromatic N) is 2. The van der Waals surface area contributed by atoms with Crippen molar-refractivity contribution in [3.8, 4) is 5.75 Å². The molecule has 2 N–H and O–H groups in total. The maximum Gasteiger partial charge on any atom is 0.487 e. The molecule has 0 atom stereocenters. The van der Waals surface area contributed by atoms with Gasteiger partial charge in [0.1, 0.15) is 11.6 Å². The lowest BCUT2D eigenvalue weighted by molar-refractivity contribution is -0.0964. The molecule has 0 spiro atoms. The largest absolute Gasteiger partial charge is 0.487 e. The number of amides is 1. The van der Waals surface area contributed by atoms with Gasteiger partial charge in [-0.15, -0.1) is 8.78 Å². The van der Waals surface area contributed by atoms with Gasteiger partial charge in [-0.05, 0) is 42.3 Å². The smallest absolute Gasteiger partial charge is 0.420 e. The lowest BCUT2D eigenvalue weighted by Gasteiger charge is -2.38. The first-order valence-electron chi connectivity index (χ1n) is 8.34. The number of hydrogen-bond donors (Lipinski definition) is 2. The molecule has 1 amide bonds. The molecule has 0 radical (unpaired) electrons. The number of carbonyl (C=O) groups is 1. The van der Waals surface area contributed by atoms with E-state index in [4.69, 9.17) is 11.6 Å². The van der Waals surface area contributed by atoms with Crippen molar-refractivity contribution in [3.63, 3.8) is 0 Å². The molecule has 1 aromatic heterocycles. The molecule has 0 bridgehead atoms. The molecule has 9 heteroatoms. The standard InChI is InChI=1S/C18H18ClF2N3O3/c1-2-11-7-12(8-22-16(11)24-9-14(25)10-24)17(26)23-13-3-5-15(6-4-13)27-18(19,20)21/h3-8,14,25H,2,9-10H2,1H3,(H,23,26). The first-order chi connectivity index (χ1) is 12.7. The fourth-order valence-corrected chi connectivity index (χ4v) is 2.83. The SMILES string of the molecule is CCc1cc(C(=O)Nc2ccc(OC(F)(F)Cl)cc2)cnc1N1CC(O)C1. The maximum atomic E-state index is 12.6. The Morgan fingerprint density at radius 2 is 2.07 bits per heavy atom. The van der Waals surface area contributed by atoms with Gasteiger partial charge in [0.15, 0.2) is 0 Å². The normalized spacial score (nSPS) is 14.6. The predicted molar refractivity (Wildman–Crippen MR) is 97.7 cm³/mol. The molecule has 1 aliphatic heterocycles. The number of ether oxygens (including phenoxy) is 1. The van der Waals surface area contributed by atoms with Crippen molar-refractivity contribution in [2.75, 3.05) is 23.3 Å². The number of carbonyl (C=O) groups excluding carboxylic acids is 1. The van der Waals surface area contributed by atoms with Crippen LogP contribution in [0.15, 0.2) is 36.5 Å². The number of aliphatic hydroxyl groups is 1. The average molecular weight is 398 g/mol. The van der Waals surface area contributed by atoms with E-state index in [9.17, 15) is 18.7 Å². The van der Waals surface area contributed by atoms with Gasteiger partial charge in [0.2, 0.25) is 0 Å². The van der Waals surface area contributed by atoms with Crippen molar-refractivity contribution < 1.29 is 23.4 Å². The molecule has 3 rings (SSSR count). The van der Waals surface area contributed by atoms with Gasteiger partial charge < -0.3 is 20.1 Å². The van der Waals surface area contributed by atoms with Gasteiger partial charge >= 0.3 is 5.57 Å². The third kappa shape index (κ3) is 4.84. The van der Waals surface area contributed by atoms with Gasteiger partial charge in [-0.3, -0.25) is 4.79 Å². The van der Waals surface area contributed by atoms with E-state index in [1.165, 1.54) is 30.5 Å². The summed E-state index contributed by atoms with van der Waals surface area (Å²) in [5.41, 5.74) is -2.09. The molecule has 1 fully saturated rings. The van der Waals surface area contributed by atoms with E-state index >= 15 is 0 Å². The third-order valence-corrected chi connectivity index (χ3v) is 4.17. The quantitative estimate of drug-likeness (QED) is 0.732. The lowest BCUT2D eigenvalue weighted by atomic mass is 10.1. The Bertz CT molecular complexity index is 822. The summed E-state index contributed by atoms with van der Waals surface area (Å²) < 4.78 is 29.4. The van der Waals surface area contributed by atoms with Crippen LogP contribution in [0, 0.1) is 0 Å². The molecule has 27 heavy (non-hydrogen) atoms. The second kappa shape index (κ2) is 7.66. The van der Waals surface area contributed by atoms with Crippen molar-refractivity contribution in [1.29, 1.82) is 0 Å². The zero-order valence-electron chi connectivity index (χ0n) is 14.5. The van der Waals surface area contributed by atoms with E-state index in [0.717, 1.165) is 11.4 Å². The van der Waals surface area contributed by atoms with Crippen LogP contribution >= 0.6 is 11.6 Å². The fourth-order valence-electron chi connectivity index (χ4n) is 2.74. The van der Waals surface area contributed by atoms with Gasteiger partial charge in [0, 0.05) is 36.6 Å². The van der Waals surface area contributed by atoms with Gasteiger partial charge in [0.25, 0.3) is 5.91 Å². The van der Waals surface area contributed by atoms with Crippen LogP contribution in [0.1, 0.15) is 22.8 Å². The van der Waals surface area contributed by atoms with Gasteiger partial charge in [0.05, 0.1) is 11.7 Å². The van der Waals surface area contributed by atoms with Crippen molar-refractivity contribution in [2.45, 2.75) is 25.0 Å². The monoisotopic (exact) mass is 397 g/mol. The molecule has 1 aliphatic rings. The Balaban J connectivity index is 1.69. The van der Waals surface area contributed by atoms with Crippen LogP contribution in [0.4, 0.5) is 20.3 Å². The first-order valence-corrected chi connectivity index (χ1v) is 8.72. The summed E-state index contributed by atoms with van der Waals surface area (Å²) in [5.74, 6) is 0.274. The topological polar surface area (TPSA) is 74.7 Å². The van der Waals surface area contributed by atoms with Crippen LogP contribution in [0.3, 0.4) is 0 Å². The molecular weight excluding hydrogens is 380 g/mol. The molecule has 0 unspecified atom stereocenters. The summed E-state index contributed by atoms with van der Waals surface area (Å²) >= 11 is 4.71. The number of halogens is 3. The van der Waals surface area contributed by atoms with E-state index in [-0.39, 0.29) is 17.8 Å². The zero-order valence-corrected chi connectivity index (χ0v) is 15.2. The molecular formula is C18H18ClF2N3O3. The van der Waals surface area contributed by atoms with Crippen molar-refractivity contribution >= 4 is 29.0 Å². The molecule has 2 aromatic rings. The van der Waals surface area contributed by atoms with E-state index < -0.39 is 5.57 Å². The number of nitrogens with one attached hydrogen (secondary N) is 1. The van der Waals surface area contributed by atoms with Crippen LogP contribution in [-0.2, 0) is 6.42 Å². The highest BCUT2D eigenvalue weighted by Crippen LogP contribution is 2.27. The van der Waals surface area contributed by atoms with Crippen LogP contribution in [0.5, 0.6) is 5.75 Å². The summed E-state index contributed by atoms with van der Waals surface area (Å²) in [6.07, 6.45) is 1.82. The molecule has 1 aromatic carbocycles. The van der Waals surface area contributed by atoms with E-state index in [1.54, 1.807) is 6.07 Å². The Labute approximate surface area is 159 Å². The number of β-amino-alcohol motifs (C(OH)–C–C–N with tert-alkyl or cyclic N) is 1. The van der Waals surface area contributed by atoms with E-state index in [1.807, 2.05) is 11.8 Å². The predicted octanol–water partition coefficient (Wildman–Crippen LogP) is 3.25. The second-order valence-corrected chi connectivity index (χ2v) is 6.59. The Morgan fingerprint density at radius 1 is 1.41 bits per heavy atom. The minimum Gasteiger partial charge on any atom is -0.420 e. The summed E-state index contributed by atoms with van der Waals surface area (Å²) in [4.78, 5) is 18.7. The minimum atomic E-state index is -3.79. The molecule has 1 saturated heterocycles. The number of hydrogen-bond acceptors (Lipinski definition) is 5. The number of aliphatic hydroxyl groups excluding tert-OH is 1. The zero-order chi connectivity index (χ0) is 19.6. The molecule has 0 aliphatic carbocycles. The highest BCUT2D eigenvalue weighted by atomic mass is 35.5. The summed E-state index contributed by atoms with van der Waals surface area (Å²) in [6, 6.07) is 7.17. The lowest BCUT2D eigenvalue weighted by Crippen LogP contribution is -2.51.